The van der Waals surface area contributed by atoms with Crippen LogP contribution in [0.15, 0.2) is 48.5 Å². The Morgan fingerprint density at radius 1 is 1.15 bits per heavy atom. The number of carbonyl (C=O) groups is 2. The zero-order valence-electron chi connectivity index (χ0n) is 15.7. The van der Waals surface area contributed by atoms with Crippen molar-refractivity contribution in [1.29, 1.82) is 0 Å². The second-order valence-corrected chi connectivity index (χ2v) is 6.78. The Hall–Kier alpha value is -2.82. The summed E-state index contributed by atoms with van der Waals surface area (Å²) < 4.78 is 5.41. The molecule has 0 unspecified atom stereocenters. The van der Waals surface area contributed by atoms with E-state index in [9.17, 15) is 9.59 Å². The maximum Gasteiger partial charge on any atom is 0.227 e. The lowest BCUT2D eigenvalue weighted by Gasteiger charge is -2.28. The largest absolute Gasteiger partial charge is 0.495 e. The number of carbonyl (C=O) groups excluding carboxylic acids is 2. The van der Waals surface area contributed by atoms with Gasteiger partial charge in [-0.1, -0.05) is 30.3 Å². The van der Waals surface area contributed by atoms with Gasteiger partial charge >= 0.3 is 0 Å². The predicted molar refractivity (Wildman–Crippen MR) is 107 cm³/mol. The molecule has 0 saturated carbocycles. The van der Waals surface area contributed by atoms with Crippen molar-refractivity contribution in [2.24, 2.45) is 0 Å². The van der Waals surface area contributed by atoms with Crippen LogP contribution in [0, 0.1) is 0 Å². The third-order valence-corrected chi connectivity index (χ3v) is 4.79. The zero-order valence-corrected chi connectivity index (χ0v) is 15.7. The van der Waals surface area contributed by atoms with E-state index in [1.165, 1.54) is 5.56 Å². The molecular formula is C22H26N2O3. The summed E-state index contributed by atoms with van der Waals surface area (Å²) in [5.74, 6) is 0.727. The van der Waals surface area contributed by atoms with E-state index in [-0.39, 0.29) is 11.8 Å². The Morgan fingerprint density at radius 3 is 2.70 bits per heavy atom. The van der Waals surface area contributed by atoms with Crippen LogP contribution in [0.4, 0.5) is 11.4 Å². The van der Waals surface area contributed by atoms with Crippen LogP contribution in [0.3, 0.4) is 0 Å². The van der Waals surface area contributed by atoms with E-state index in [0.29, 0.717) is 30.8 Å². The number of methoxy groups -OCH3 is 1. The molecule has 1 fully saturated rings. The minimum atomic E-state index is -0.0213. The minimum Gasteiger partial charge on any atom is -0.495 e. The predicted octanol–water partition coefficient (Wildman–Crippen LogP) is 4.17. The second-order valence-electron chi connectivity index (χ2n) is 6.78. The number of aryl methyl sites for hydroxylation is 1. The summed E-state index contributed by atoms with van der Waals surface area (Å²) in [4.78, 5) is 26.3. The van der Waals surface area contributed by atoms with Crippen LogP contribution in [0.2, 0.25) is 0 Å². The molecule has 5 heteroatoms. The average molecular weight is 366 g/mol. The van der Waals surface area contributed by atoms with E-state index in [1.807, 2.05) is 30.3 Å². The molecule has 0 aliphatic carbocycles. The number of anilines is 2. The van der Waals surface area contributed by atoms with Gasteiger partial charge < -0.3 is 15.0 Å². The number of benzene rings is 2. The highest BCUT2D eigenvalue weighted by atomic mass is 16.5. The molecule has 0 radical (unpaired) electrons. The smallest absolute Gasteiger partial charge is 0.227 e. The van der Waals surface area contributed by atoms with E-state index < -0.39 is 0 Å². The van der Waals surface area contributed by atoms with Gasteiger partial charge in [0.1, 0.15) is 5.75 Å². The number of ether oxygens (including phenoxy) is 1. The monoisotopic (exact) mass is 366 g/mol. The van der Waals surface area contributed by atoms with Gasteiger partial charge in [-0.25, -0.2) is 0 Å². The quantitative estimate of drug-likeness (QED) is 0.800. The van der Waals surface area contributed by atoms with Crippen molar-refractivity contribution in [3.63, 3.8) is 0 Å². The summed E-state index contributed by atoms with van der Waals surface area (Å²) in [6, 6.07) is 15.6. The van der Waals surface area contributed by atoms with Gasteiger partial charge in [0.2, 0.25) is 11.8 Å². The van der Waals surface area contributed by atoms with Gasteiger partial charge in [0, 0.05) is 25.1 Å². The molecule has 27 heavy (non-hydrogen) atoms. The van der Waals surface area contributed by atoms with Gasteiger partial charge in [-0.3, -0.25) is 9.59 Å². The summed E-state index contributed by atoms with van der Waals surface area (Å²) in [6.07, 6.45) is 4.59. The van der Waals surface area contributed by atoms with Crippen molar-refractivity contribution in [2.45, 2.75) is 38.5 Å². The molecule has 1 aliphatic rings. The van der Waals surface area contributed by atoms with Crippen molar-refractivity contribution in [3.05, 3.63) is 54.1 Å². The zero-order chi connectivity index (χ0) is 19.1. The Kier molecular flexibility index (Phi) is 6.47. The highest BCUT2D eigenvalue weighted by Crippen LogP contribution is 2.33. The number of hydrogen-bond acceptors (Lipinski definition) is 3. The molecule has 3 rings (SSSR count). The first-order valence-corrected chi connectivity index (χ1v) is 9.49. The second kappa shape index (κ2) is 9.21. The summed E-state index contributed by atoms with van der Waals surface area (Å²) >= 11 is 0. The van der Waals surface area contributed by atoms with Gasteiger partial charge in [-0.2, -0.15) is 0 Å². The van der Waals surface area contributed by atoms with Gasteiger partial charge in [-0.05, 0) is 49.4 Å². The van der Waals surface area contributed by atoms with Gasteiger partial charge in [0.15, 0.2) is 0 Å². The number of piperidine rings is 1. The van der Waals surface area contributed by atoms with Gasteiger partial charge in [0.25, 0.3) is 0 Å². The van der Waals surface area contributed by atoms with Crippen molar-refractivity contribution >= 4 is 23.2 Å². The summed E-state index contributed by atoms with van der Waals surface area (Å²) in [6.45, 7) is 0.684. The normalized spacial score (nSPS) is 14.1. The first-order valence-electron chi connectivity index (χ1n) is 9.49. The van der Waals surface area contributed by atoms with Crippen LogP contribution in [-0.2, 0) is 16.0 Å². The lowest BCUT2D eigenvalue weighted by atomic mass is 10.1. The number of amides is 2. The molecule has 0 spiro atoms. The molecule has 2 aromatic rings. The van der Waals surface area contributed by atoms with E-state index in [2.05, 4.69) is 17.4 Å². The maximum absolute atomic E-state index is 12.3. The van der Waals surface area contributed by atoms with Crippen LogP contribution in [0.25, 0.3) is 0 Å². The summed E-state index contributed by atoms with van der Waals surface area (Å²) in [5.41, 5.74) is 2.65. The topological polar surface area (TPSA) is 58.6 Å². The molecule has 1 N–H and O–H groups in total. The van der Waals surface area contributed by atoms with Crippen LogP contribution >= 0.6 is 0 Å². The van der Waals surface area contributed by atoms with Crippen LogP contribution in [-0.4, -0.2) is 25.5 Å². The van der Waals surface area contributed by atoms with E-state index in [1.54, 1.807) is 18.1 Å². The molecule has 1 aliphatic heterocycles. The third-order valence-electron chi connectivity index (χ3n) is 4.79. The Morgan fingerprint density at radius 2 is 1.96 bits per heavy atom. The van der Waals surface area contributed by atoms with E-state index >= 15 is 0 Å². The van der Waals surface area contributed by atoms with E-state index in [4.69, 9.17) is 4.74 Å². The first kappa shape index (κ1) is 19.0. The molecule has 5 nitrogen and oxygen atoms in total. The minimum absolute atomic E-state index is 0.0213. The Bertz CT molecular complexity index is 789. The van der Waals surface area contributed by atoms with Crippen LogP contribution in [0.5, 0.6) is 5.75 Å². The van der Waals surface area contributed by atoms with Gasteiger partial charge in [0.05, 0.1) is 12.8 Å². The third kappa shape index (κ3) is 5.09. The molecule has 142 valence electrons. The van der Waals surface area contributed by atoms with Crippen molar-refractivity contribution in [3.8, 4) is 5.75 Å². The molecule has 0 aromatic heterocycles. The fourth-order valence-corrected chi connectivity index (χ4v) is 3.36. The SMILES string of the molecule is COc1ccc(NC(=O)CCCc2ccccc2)cc1N1CCCCC1=O. The molecule has 2 amide bonds. The summed E-state index contributed by atoms with van der Waals surface area (Å²) in [5, 5.41) is 2.94. The Balaban J connectivity index is 1.61. The number of rotatable bonds is 7. The average Bonchev–Trinajstić information content (AvgIpc) is 2.69. The van der Waals surface area contributed by atoms with Crippen molar-refractivity contribution < 1.29 is 14.3 Å². The molecule has 1 saturated heterocycles. The van der Waals surface area contributed by atoms with Gasteiger partial charge in [-0.15, -0.1) is 0 Å². The lowest BCUT2D eigenvalue weighted by molar-refractivity contribution is -0.119. The van der Waals surface area contributed by atoms with Crippen molar-refractivity contribution in [2.75, 3.05) is 23.9 Å². The molecule has 1 heterocycles. The first-order chi connectivity index (χ1) is 13.2. The number of nitrogens with one attached hydrogen (secondary N) is 1. The maximum atomic E-state index is 12.3. The molecule has 0 bridgehead atoms. The van der Waals surface area contributed by atoms with E-state index in [0.717, 1.165) is 31.4 Å². The van der Waals surface area contributed by atoms with Crippen LogP contribution < -0.4 is 15.0 Å². The highest BCUT2D eigenvalue weighted by molar-refractivity contribution is 5.97. The molecular weight excluding hydrogens is 340 g/mol. The molecule has 0 atom stereocenters. The standard InChI is InChI=1S/C22H26N2O3/c1-27-20-14-13-18(16-19(20)24-15-6-5-12-22(24)26)23-21(25)11-7-10-17-8-3-2-4-9-17/h2-4,8-9,13-14,16H,5-7,10-12,15H2,1H3,(H,23,25). The Labute approximate surface area is 160 Å². The fourth-order valence-electron chi connectivity index (χ4n) is 3.36. The summed E-state index contributed by atoms with van der Waals surface area (Å²) in [7, 11) is 1.59. The highest BCUT2D eigenvalue weighted by Gasteiger charge is 2.23. The van der Waals surface area contributed by atoms with Crippen molar-refractivity contribution in [1.82, 2.24) is 0 Å². The number of nitrogens with zero attached hydrogens (tertiary/aromatic N) is 1. The molecule has 2 aromatic carbocycles. The fraction of sp³-hybridized carbons (Fsp3) is 0.364. The number of hydrogen-bond donors (Lipinski definition) is 1. The van der Waals surface area contributed by atoms with Crippen LogP contribution in [0.1, 0.15) is 37.7 Å². The lowest BCUT2D eigenvalue weighted by Crippen LogP contribution is -2.35.